The van der Waals surface area contributed by atoms with E-state index in [1.807, 2.05) is 18.0 Å². The van der Waals surface area contributed by atoms with E-state index in [0.717, 1.165) is 18.4 Å². The lowest BCUT2D eigenvalue weighted by Crippen LogP contribution is -1.97. The maximum absolute atomic E-state index is 4.84. The minimum absolute atomic E-state index is 0.987. The maximum Gasteiger partial charge on any atom is 0.0782 e. The Kier molecular flexibility index (Phi) is 4.54. The Morgan fingerprint density at radius 2 is 1.45 bits per heavy atom. The van der Waals surface area contributed by atoms with Gasteiger partial charge < -0.3 is 0 Å². The number of rotatable bonds is 2. The molecule has 5 aromatic rings. The fraction of sp³-hybridized carbons (Fsp3) is 0.0714. The van der Waals surface area contributed by atoms with E-state index < -0.39 is 0 Å². The van der Waals surface area contributed by atoms with Gasteiger partial charge in [-0.2, -0.15) is 0 Å². The van der Waals surface area contributed by atoms with Crippen LogP contribution < -0.4 is 0 Å². The average molecular weight is 417 g/mol. The number of allylic oxidation sites excluding steroid dienone is 1. The molecule has 6 rings (SSSR count). The van der Waals surface area contributed by atoms with Crippen molar-refractivity contribution in [3.8, 4) is 11.1 Å². The fourth-order valence-electron chi connectivity index (χ4n) is 4.45. The molecule has 0 fully saturated rings. The monoisotopic (exact) mass is 416 g/mol. The van der Waals surface area contributed by atoms with Gasteiger partial charge in [-0.15, -0.1) is 0 Å². The quantitative estimate of drug-likeness (QED) is 0.215. The van der Waals surface area contributed by atoms with Gasteiger partial charge in [-0.3, -0.25) is 9.98 Å². The lowest BCUT2D eigenvalue weighted by atomic mass is 9.91. The smallest absolute Gasteiger partial charge is 0.0782 e. The number of pyridine rings is 1. The Hall–Kier alpha value is -3.43. The zero-order chi connectivity index (χ0) is 20.6. The maximum atomic E-state index is 4.84. The molecule has 0 amide bonds. The van der Waals surface area contributed by atoms with E-state index in [-0.39, 0.29) is 0 Å². The first kappa shape index (κ1) is 18.3. The number of fused-ring (bicyclic) bond motifs is 4. The van der Waals surface area contributed by atoms with Crippen molar-refractivity contribution in [2.24, 2.45) is 4.99 Å². The van der Waals surface area contributed by atoms with Crippen LogP contribution in [0.4, 0.5) is 0 Å². The predicted molar refractivity (Wildman–Crippen MR) is 134 cm³/mol. The summed E-state index contributed by atoms with van der Waals surface area (Å²) in [7, 11) is 0. The molecular formula is C28H20N2S. The van der Waals surface area contributed by atoms with Gasteiger partial charge in [-0.25, -0.2) is 0 Å². The van der Waals surface area contributed by atoms with Crippen LogP contribution in [-0.2, 0) is 0 Å². The van der Waals surface area contributed by atoms with E-state index in [1.165, 1.54) is 48.0 Å². The molecule has 0 radical (unpaired) electrons. The van der Waals surface area contributed by atoms with Gasteiger partial charge >= 0.3 is 0 Å². The zero-order valence-corrected chi connectivity index (χ0v) is 17.8. The molecule has 2 nitrogen and oxygen atoms in total. The van der Waals surface area contributed by atoms with Crippen molar-refractivity contribution in [3.05, 3.63) is 97.3 Å². The van der Waals surface area contributed by atoms with Gasteiger partial charge in [-0.1, -0.05) is 90.6 Å². The van der Waals surface area contributed by atoms with Crippen LogP contribution in [0.15, 0.2) is 107 Å². The van der Waals surface area contributed by atoms with E-state index >= 15 is 0 Å². The van der Waals surface area contributed by atoms with Gasteiger partial charge in [-0.05, 0) is 40.8 Å². The highest BCUT2D eigenvalue weighted by Gasteiger charge is 2.19. The zero-order valence-electron chi connectivity index (χ0n) is 17.0. The van der Waals surface area contributed by atoms with Crippen molar-refractivity contribution in [2.75, 3.05) is 0 Å². The largest absolute Gasteiger partial charge is 0.256 e. The molecule has 0 spiro atoms. The van der Waals surface area contributed by atoms with Gasteiger partial charge in [0.05, 0.1) is 10.6 Å². The summed E-state index contributed by atoms with van der Waals surface area (Å²) in [6.07, 6.45) is 8.16. The second kappa shape index (κ2) is 7.68. The Morgan fingerprint density at radius 3 is 2.26 bits per heavy atom. The molecule has 0 saturated heterocycles. The number of aromatic nitrogens is 1. The standard InChI is InChI=1S/C28H20N2S/c1-2-10-19(11-3-1)26-20-12-4-5-13-21(20)28(31-25-16-8-9-17-29-25)27-22-14-6-7-15-24(22)30-18-23(26)27/h1-7,9-15,17-18H,8,16H2. The number of aliphatic imine (C=N–C) groups is 1. The first-order valence-electron chi connectivity index (χ1n) is 10.6. The van der Waals surface area contributed by atoms with E-state index in [2.05, 4.69) is 96.1 Å². The van der Waals surface area contributed by atoms with Crippen LogP contribution in [0.2, 0.25) is 0 Å². The molecule has 1 aliphatic rings. The molecule has 31 heavy (non-hydrogen) atoms. The number of hydrogen-bond acceptors (Lipinski definition) is 3. The first-order valence-corrected chi connectivity index (χ1v) is 11.4. The van der Waals surface area contributed by atoms with Crippen LogP contribution in [0, 0.1) is 0 Å². The third kappa shape index (κ3) is 3.13. The van der Waals surface area contributed by atoms with Crippen LogP contribution >= 0.6 is 11.8 Å². The topological polar surface area (TPSA) is 25.2 Å². The third-order valence-electron chi connectivity index (χ3n) is 5.84. The van der Waals surface area contributed by atoms with Crippen LogP contribution in [0.5, 0.6) is 0 Å². The second-order valence-corrected chi connectivity index (χ2v) is 8.81. The predicted octanol–water partition coefficient (Wildman–Crippen LogP) is 8.01. The molecule has 2 heterocycles. The number of benzene rings is 4. The fourth-order valence-corrected chi connectivity index (χ4v) is 5.63. The number of nitrogens with zero attached hydrogens (tertiary/aromatic N) is 2. The lowest BCUT2D eigenvalue weighted by molar-refractivity contribution is 1.08. The number of hydrogen-bond donors (Lipinski definition) is 0. The summed E-state index contributed by atoms with van der Waals surface area (Å²) in [6.45, 7) is 0. The normalized spacial score (nSPS) is 13.7. The molecule has 0 saturated carbocycles. The first-order chi connectivity index (χ1) is 15.4. The van der Waals surface area contributed by atoms with Crippen LogP contribution in [0.3, 0.4) is 0 Å². The van der Waals surface area contributed by atoms with Gasteiger partial charge in [0.2, 0.25) is 0 Å². The van der Waals surface area contributed by atoms with Gasteiger partial charge in [0.1, 0.15) is 0 Å². The lowest BCUT2D eigenvalue weighted by Gasteiger charge is -2.19. The van der Waals surface area contributed by atoms with Gasteiger partial charge in [0, 0.05) is 33.5 Å². The van der Waals surface area contributed by atoms with E-state index in [0.29, 0.717) is 0 Å². The van der Waals surface area contributed by atoms with E-state index in [4.69, 9.17) is 4.98 Å². The summed E-state index contributed by atoms with van der Waals surface area (Å²) in [5.74, 6) is 0. The Balaban J connectivity index is 1.80. The van der Waals surface area contributed by atoms with Crippen LogP contribution in [0.1, 0.15) is 12.8 Å². The van der Waals surface area contributed by atoms with Crippen molar-refractivity contribution in [2.45, 2.75) is 17.7 Å². The summed E-state index contributed by atoms with van der Waals surface area (Å²) in [6, 6.07) is 27.9. The minimum atomic E-state index is 0.987. The average Bonchev–Trinajstić information content (AvgIpc) is 2.85. The Morgan fingerprint density at radius 1 is 0.710 bits per heavy atom. The van der Waals surface area contributed by atoms with Gasteiger partial charge in [0.15, 0.2) is 0 Å². The van der Waals surface area contributed by atoms with Crippen molar-refractivity contribution >= 4 is 49.3 Å². The van der Waals surface area contributed by atoms with E-state index in [9.17, 15) is 0 Å². The summed E-state index contributed by atoms with van der Waals surface area (Å²) in [4.78, 5) is 10.8. The van der Waals surface area contributed by atoms with E-state index in [1.54, 1.807) is 0 Å². The molecule has 0 N–H and O–H groups in total. The summed E-state index contributed by atoms with van der Waals surface area (Å²) in [5.41, 5.74) is 3.49. The molecule has 0 aliphatic carbocycles. The summed E-state index contributed by atoms with van der Waals surface area (Å²) >= 11 is 1.81. The van der Waals surface area contributed by atoms with Crippen LogP contribution in [-0.4, -0.2) is 10.0 Å². The molecule has 1 aliphatic heterocycles. The Bertz CT molecular complexity index is 1500. The third-order valence-corrected chi connectivity index (χ3v) is 7.02. The molecule has 3 heteroatoms. The van der Waals surface area contributed by atoms with Gasteiger partial charge in [0.25, 0.3) is 0 Å². The highest BCUT2D eigenvalue weighted by Crippen LogP contribution is 2.45. The van der Waals surface area contributed by atoms with Crippen molar-refractivity contribution in [1.29, 1.82) is 0 Å². The molecular weight excluding hydrogens is 396 g/mol. The molecule has 0 bridgehead atoms. The molecule has 148 valence electrons. The second-order valence-electron chi connectivity index (χ2n) is 7.73. The molecule has 1 aromatic heterocycles. The van der Waals surface area contributed by atoms with Crippen molar-refractivity contribution < 1.29 is 0 Å². The summed E-state index contributed by atoms with van der Waals surface area (Å²) in [5, 5.41) is 7.35. The molecule has 0 unspecified atom stereocenters. The van der Waals surface area contributed by atoms with Crippen molar-refractivity contribution in [3.63, 3.8) is 0 Å². The summed E-state index contributed by atoms with van der Waals surface area (Å²) < 4.78 is 0. The SMILES string of the molecule is C1=CN=C(Sc2c3ccccc3c(-c3ccccc3)c3cnc4ccccc4c23)CC1. The number of para-hydroxylation sites is 1. The van der Waals surface area contributed by atoms with Crippen LogP contribution in [0.25, 0.3) is 43.6 Å². The molecule has 4 aromatic carbocycles. The number of thioether (sulfide) groups is 1. The minimum Gasteiger partial charge on any atom is -0.256 e. The van der Waals surface area contributed by atoms with Crippen molar-refractivity contribution in [1.82, 2.24) is 4.98 Å². The highest BCUT2D eigenvalue weighted by atomic mass is 32.2. The highest BCUT2D eigenvalue weighted by molar-refractivity contribution is 8.14. The molecule has 0 atom stereocenters. The Labute approximate surface area is 185 Å².